The zero-order chi connectivity index (χ0) is 20.5. The first-order chi connectivity index (χ1) is 14.2. The van der Waals surface area contributed by atoms with Gasteiger partial charge in [0.1, 0.15) is 11.5 Å². The van der Waals surface area contributed by atoms with Crippen molar-refractivity contribution < 1.29 is 24.1 Å². The minimum absolute atomic E-state index is 0.364. The molecule has 29 heavy (non-hydrogen) atoms. The molecule has 3 rings (SSSR count). The van der Waals surface area contributed by atoms with Gasteiger partial charge in [0, 0.05) is 5.75 Å². The number of rotatable bonds is 9. The van der Waals surface area contributed by atoms with Crippen molar-refractivity contribution in [2.75, 3.05) is 6.61 Å². The average molecular weight is 391 g/mol. The molecule has 0 radical (unpaired) electrons. The number of carbonyl (C=O) groups excluding carboxylic acids is 1. The molecule has 150 valence electrons. The van der Waals surface area contributed by atoms with Crippen LogP contribution in [0.15, 0.2) is 84.4 Å². The van der Waals surface area contributed by atoms with Crippen molar-refractivity contribution in [3.05, 3.63) is 89.9 Å². The monoisotopic (exact) mass is 391 g/mol. The lowest BCUT2D eigenvalue weighted by Gasteiger charge is -2.17. The molecule has 0 bridgehead atoms. The van der Waals surface area contributed by atoms with Gasteiger partial charge in [0.05, 0.1) is 18.1 Å². The van der Waals surface area contributed by atoms with Crippen LogP contribution in [0, 0.1) is 0 Å². The fourth-order valence-electron chi connectivity index (χ4n) is 2.65. The molecule has 5 nitrogen and oxygen atoms in total. The van der Waals surface area contributed by atoms with Gasteiger partial charge in [-0.15, -0.1) is 0 Å². The van der Waals surface area contributed by atoms with Crippen LogP contribution in [0.1, 0.15) is 36.5 Å². The van der Waals surface area contributed by atoms with E-state index in [0.717, 1.165) is 25.0 Å². The molecule has 2 aromatic carbocycles. The first-order valence-corrected chi connectivity index (χ1v) is 9.64. The Kier molecular flexibility index (Phi) is 7.11. The van der Waals surface area contributed by atoms with E-state index in [0.29, 0.717) is 29.2 Å². The average Bonchev–Trinajstić information content (AvgIpc) is 3.28. The van der Waals surface area contributed by atoms with Crippen molar-refractivity contribution in [3.63, 3.8) is 0 Å². The summed E-state index contributed by atoms with van der Waals surface area (Å²) in [6.45, 7) is 2.81. The maximum Gasteiger partial charge on any atom is 0.343 e. The van der Waals surface area contributed by atoms with Gasteiger partial charge in [0.15, 0.2) is 0 Å². The minimum Gasteiger partial charge on any atom is -0.579 e. The molecule has 0 atom stereocenters. The van der Waals surface area contributed by atoms with Gasteiger partial charge in [-0.3, -0.25) is 0 Å². The van der Waals surface area contributed by atoms with Crippen molar-refractivity contribution in [2.45, 2.75) is 26.2 Å². The summed E-state index contributed by atoms with van der Waals surface area (Å²) in [5.41, 5.74) is 0.913. The maximum absolute atomic E-state index is 12.3. The second kappa shape index (κ2) is 10.2. The van der Waals surface area contributed by atoms with Crippen molar-refractivity contribution in [1.82, 2.24) is 0 Å². The molecular weight excluding hydrogens is 368 g/mol. The number of ether oxygens (including phenoxy) is 3. The van der Waals surface area contributed by atoms with E-state index in [-0.39, 0.29) is 0 Å². The van der Waals surface area contributed by atoms with E-state index in [1.807, 2.05) is 0 Å². The predicted molar refractivity (Wildman–Crippen MR) is 109 cm³/mol. The van der Waals surface area contributed by atoms with Crippen molar-refractivity contribution in [1.29, 1.82) is 0 Å². The Balaban J connectivity index is 1.53. The fourth-order valence-corrected chi connectivity index (χ4v) is 2.65. The molecule has 0 aliphatic heterocycles. The van der Waals surface area contributed by atoms with Gasteiger partial charge in [0.25, 0.3) is 0 Å². The minimum atomic E-state index is -0.468. The first kappa shape index (κ1) is 20.3. The molecule has 0 N–H and O–H groups in total. The molecular formula is C24H23O5-. The van der Waals surface area contributed by atoms with Gasteiger partial charge in [-0.1, -0.05) is 44.1 Å². The number of carbonyl (C=O) groups is 1. The summed E-state index contributed by atoms with van der Waals surface area (Å²) < 4.78 is 16.3. The van der Waals surface area contributed by atoms with E-state index in [4.69, 9.17) is 14.2 Å². The molecule has 5 heteroatoms. The zero-order valence-corrected chi connectivity index (χ0v) is 16.3. The van der Waals surface area contributed by atoms with Gasteiger partial charge >= 0.3 is 5.97 Å². The quantitative estimate of drug-likeness (QED) is 0.271. The van der Waals surface area contributed by atoms with Crippen molar-refractivity contribution >= 4 is 5.97 Å². The molecule has 0 saturated heterocycles. The van der Waals surface area contributed by atoms with E-state index in [9.17, 15) is 9.90 Å². The summed E-state index contributed by atoms with van der Waals surface area (Å²) in [5, 5.41) is 11.9. The maximum atomic E-state index is 12.3. The Labute approximate surface area is 170 Å². The lowest BCUT2D eigenvalue weighted by molar-refractivity contribution is -0.343. The highest BCUT2D eigenvalue weighted by molar-refractivity contribution is 5.91. The van der Waals surface area contributed by atoms with Gasteiger partial charge in [0.2, 0.25) is 0 Å². The third-order valence-corrected chi connectivity index (χ3v) is 4.25. The van der Waals surface area contributed by atoms with E-state index >= 15 is 0 Å². The predicted octanol–water partition coefficient (Wildman–Crippen LogP) is 4.55. The summed E-state index contributed by atoms with van der Waals surface area (Å²) in [6.07, 6.45) is 10.2. The molecule has 0 aromatic heterocycles. The molecule has 0 unspecified atom stereocenters. The summed E-state index contributed by atoms with van der Waals surface area (Å²) in [5.74, 6) is 0.568. The van der Waals surface area contributed by atoms with Gasteiger partial charge in [-0.25, -0.2) is 4.79 Å². The highest BCUT2D eigenvalue weighted by Gasteiger charge is 2.09. The van der Waals surface area contributed by atoms with Gasteiger partial charge in [-0.2, -0.15) is 0 Å². The van der Waals surface area contributed by atoms with Crippen LogP contribution in [-0.2, 0) is 0 Å². The van der Waals surface area contributed by atoms with Gasteiger partial charge < -0.3 is 19.3 Å². The highest BCUT2D eigenvalue weighted by atomic mass is 16.6. The third-order valence-electron chi connectivity index (χ3n) is 4.25. The molecule has 1 aliphatic rings. The Morgan fingerprint density at radius 2 is 1.41 bits per heavy atom. The Hall–Kier alpha value is -3.47. The number of esters is 1. The number of benzene rings is 2. The molecule has 0 amide bonds. The topological polar surface area (TPSA) is 67.8 Å². The fraction of sp³-hybridized carbons (Fsp3) is 0.208. The standard InChI is InChI=1S/C24H24O5/c1-2-3-6-17-27-20-11-9-19(10-12-20)24(26)29-22-15-13-21(14-16-22)28-23(25)18-7-4-5-8-18/h4-5,7-16,25H,2-3,6,17H2,1H3/p-1. The Morgan fingerprint density at radius 1 is 0.828 bits per heavy atom. The van der Waals surface area contributed by atoms with Crippen molar-refractivity contribution in [3.8, 4) is 17.2 Å². The summed E-state index contributed by atoms with van der Waals surface area (Å²) in [7, 11) is 0. The number of hydrogen-bond acceptors (Lipinski definition) is 5. The molecule has 0 fully saturated rings. The smallest absolute Gasteiger partial charge is 0.343 e. The normalized spacial score (nSPS) is 12.1. The molecule has 1 aliphatic carbocycles. The van der Waals surface area contributed by atoms with E-state index in [1.165, 1.54) is 0 Å². The third kappa shape index (κ3) is 6.01. The summed E-state index contributed by atoms with van der Waals surface area (Å²) in [4.78, 5) is 12.3. The van der Waals surface area contributed by atoms with Crippen LogP contribution < -0.4 is 19.3 Å². The van der Waals surface area contributed by atoms with Crippen LogP contribution in [0.2, 0.25) is 0 Å². The lowest BCUT2D eigenvalue weighted by atomic mass is 10.2. The summed E-state index contributed by atoms with van der Waals surface area (Å²) >= 11 is 0. The van der Waals surface area contributed by atoms with E-state index < -0.39 is 11.9 Å². The van der Waals surface area contributed by atoms with Crippen LogP contribution >= 0.6 is 0 Å². The number of unbranched alkanes of at least 4 members (excludes halogenated alkanes) is 2. The summed E-state index contributed by atoms with van der Waals surface area (Å²) in [6, 6.07) is 13.2. The second-order valence-corrected chi connectivity index (χ2v) is 6.50. The van der Waals surface area contributed by atoms with Crippen LogP contribution in [-0.4, -0.2) is 12.6 Å². The second-order valence-electron chi connectivity index (χ2n) is 6.50. The van der Waals surface area contributed by atoms with Crippen LogP contribution in [0.5, 0.6) is 17.2 Å². The number of allylic oxidation sites excluding steroid dienone is 5. The molecule has 2 aromatic rings. The van der Waals surface area contributed by atoms with Crippen LogP contribution in [0.4, 0.5) is 0 Å². The van der Waals surface area contributed by atoms with E-state index in [2.05, 4.69) is 6.92 Å². The highest BCUT2D eigenvalue weighted by Crippen LogP contribution is 2.22. The van der Waals surface area contributed by atoms with E-state index in [1.54, 1.807) is 72.8 Å². The van der Waals surface area contributed by atoms with Crippen molar-refractivity contribution in [2.24, 2.45) is 0 Å². The molecule has 0 heterocycles. The molecule has 0 spiro atoms. The van der Waals surface area contributed by atoms with Gasteiger partial charge in [-0.05, 0) is 60.5 Å². The van der Waals surface area contributed by atoms with Crippen LogP contribution in [0.25, 0.3) is 0 Å². The lowest BCUT2D eigenvalue weighted by Crippen LogP contribution is -2.13. The SMILES string of the molecule is CCCCCOc1ccc(C(=O)Oc2ccc(OC([O-])=C3C=CC=C3)cc2)cc1. The van der Waals surface area contributed by atoms with Crippen LogP contribution in [0.3, 0.4) is 0 Å². The number of hydrogen-bond donors (Lipinski definition) is 0. The Bertz CT molecular complexity index is 891. The zero-order valence-electron chi connectivity index (χ0n) is 16.3. The largest absolute Gasteiger partial charge is 0.579 e. The molecule has 0 saturated carbocycles. The Morgan fingerprint density at radius 3 is 2.03 bits per heavy atom. The first-order valence-electron chi connectivity index (χ1n) is 9.64.